The molecule has 2 aromatic rings. The Kier molecular flexibility index (Phi) is 3.72. The van der Waals surface area contributed by atoms with Crippen LogP contribution >= 0.6 is 0 Å². The fraction of sp³-hybridized carbons (Fsp3) is 0.455. The van der Waals surface area contributed by atoms with Crippen LogP contribution in [0, 0.1) is 0 Å². The van der Waals surface area contributed by atoms with Crippen molar-refractivity contribution >= 4 is 10.0 Å². The molecule has 0 saturated carbocycles. The molecule has 104 valence electrons. The molecule has 2 N–H and O–H groups in total. The SMILES string of the molecule is CCCc1nc(S(N)(=O)=O)cn1Cc1cnn(C)c1. The molecular formula is C11H17N5O2S. The number of aryl methyl sites for hydroxylation is 2. The quantitative estimate of drug-likeness (QED) is 0.851. The van der Waals surface area contributed by atoms with Crippen LogP contribution in [0.2, 0.25) is 0 Å². The van der Waals surface area contributed by atoms with E-state index in [1.807, 2.05) is 20.2 Å². The van der Waals surface area contributed by atoms with E-state index in [1.54, 1.807) is 15.4 Å². The minimum atomic E-state index is -3.76. The second-order valence-corrected chi connectivity index (χ2v) is 5.95. The van der Waals surface area contributed by atoms with Crippen LogP contribution in [0.25, 0.3) is 0 Å². The van der Waals surface area contributed by atoms with E-state index in [2.05, 4.69) is 10.1 Å². The van der Waals surface area contributed by atoms with Crippen molar-refractivity contribution < 1.29 is 8.42 Å². The number of rotatable bonds is 5. The maximum atomic E-state index is 11.3. The number of primary sulfonamides is 1. The maximum absolute atomic E-state index is 11.3. The van der Waals surface area contributed by atoms with Gasteiger partial charge in [-0.1, -0.05) is 6.92 Å². The maximum Gasteiger partial charge on any atom is 0.257 e. The van der Waals surface area contributed by atoms with Crippen molar-refractivity contribution in [1.82, 2.24) is 19.3 Å². The zero-order valence-corrected chi connectivity index (χ0v) is 11.8. The number of aromatic nitrogens is 4. The smallest absolute Gasteiger partial charge is 0.257 e. The molecule has 0 aromatic carbocycles. The molecule has 19 heavy (non-hydrogen) atoms. The molecule has 0 bridgehead atoms. The second kappa shape index (κ2) is 5.14. The fourth-order valence-corrected chi connectivity index (χ4v) is 2.38. The molecule has 0 spiro atoms. The van der Waals surface area contributed by atoms with Crippen LogP contribution in [-0.4, -0.2) is 27.7 Å². The average Bonchev–Trinajstić information content (AvgIpc) is 2.87. The summed E-state index contributed by atoms with van der Waals surface area (Å²) in [5, 5.41) is 9.11. The molecule has 0 aliphatic heterocycles. The highest BCUT2D eigenvalue weighted by molar-refractivity contribution is 7.89. The molecule has 0 saturated heterocycles. The first kappa shape index (κ1) is 13.8. The van der Waals surface area contributed by atoms with E-state index >= 15 is 0 Å². The van der Waals surface area contributed by atoms with E-state index < -0.39 is 10.0 Å². The van der Waals surface area contributed by atoms with Gasteiger partial charge in [-0.05, 0) is 6.42 Å². The van der Waals surface area contributed by atoms with Crippen LogP contribution < -0.4 is 5.14 Å². The van der Waals surface area contributed by atoms with Gasteiger partial charge >= 0.3 is 0 Å². The molecule has 7 nitrogen and oxygen atoms in total. The first-order valence-corrected chi connectivity index (χ1v) is 7.51. The van der Waals surface area contributed by atoms with E-state index in [0.29, 0.717) is 13.0 Å². The lowest BCUT2D eigenvalue weighted by molar-refractivity contribution is 0.594. The first-order chi connectivity index (χ1) is 8.90. The summed E-state index contributed by atoms with van der Waals surface area (Å²) < 4.78 is 26.2. The van der Waals surface area contributed by atoms with Crippen LogP contribution in [0.1, 0.15) is 24.7 Å². The Morgan fingerprint density at radius 2 is 2.11 bits per heavy atom. The molecule has 2 heterocycles. The number of sulfonamides is 1. The average molecular weight is 283 g/mol. The van der Waals surface area contributed by atoms with Gasteiger partial charge in [0.1, 0.15) is 5.82 Å². The van der Waals surface area contributed by atoms with Gasteiger partial charge in [-0.25, -0.2) is 18.5 Å². The minimum absolute atomic E-state index is 0.0835. The zero-order valence-electron chi connectivity index (χ0n) is 10.9. The Hall–Kier alpha value is -1.67. The molecule has 2 rings (SSSR count). The topological polar surface area (TPSA) is 95.8 Å². The lowest BCUT2D eigenvalue weighted by Gasteiger charge is -2.04. The Morgan fingerprint density at radius 1 is 1.37 bits per heavy atom. The first-order valence-electron chi connectivity index (χ1n) is 5.96. The number of nitrogens with zero attached hydrogens (tertiary/aromatic N) is 4. The monoisotopic (exact) mass is 283 g/mol. The highest BCUT2D eigenvalue weighted by atomic mass is 32.2. The van der Waals surface area contributed by atoms with Gasteiger partial charge in [0.15, 0.2) is 5.03 Å². The molecule has 0 amide bonds. The Labute approximate surface area is 112 Å². The number of hydrogen-bond donors (Lipinski definition) is 1. The third-order valence-electron chi connectivity index (χ3n) is 2.71. The van der Waals surface area contributed by atoms with Gasteiger partial charge < -0.3 is 4.57 Å². The van der Waals surface area contributed by atoms with Crippen molar-refractivity contribution in [3.05, 3.63) is 30.0 Å². The summed E-state index contributed by atoms with van der Waals surface area (Å²) in [6.45, 7) is 2.55. The van der Waals surface area contributed by atoms with E-state index in [9.17, 15) is 8.42 Å². The third-order valence-corrected chi connectivity index (χ3v) is 3.49. The van der Waals surface area contributed by atoms with Crippen LogP contribution in [0.5, 0.6) is 0 Å². The Balaban J connectivity index is 2.35. The molecule has 0 atom stereocenters. The van der Waals surface area contributed by atoms with Gasteiger partial charge in [0.2, 0.25) is 0 Å². The van der Waals surface area contributed by atoms with Crippen LogP contribution in [0.3, 0.4) is 0 Å². The van der Waals surface area contributed by atoms with E-state index in [0.717, 1.165) is 17.8 Å². The van der Waals surface area contributed by atoms with Gasteiger partial charge in [0.25, 0.3) is 10.0 Å². The van der Waals surface area contributed by atoms with Crippen molar-refractivity contribution in [1.29, 1.82) is 0 Å². The molecule has 0 unspecified atom stereocenters. The van der Waals surface area contributed by atoms with Crippen molar-refractivity contribution in [2.45, 2.75) is 31.3 Å². The fourth-order valence-electron chi connectivity index (χ4n) is 1.88. The summed E-state index contributed by atoms with van der Waals surface area (Å²) >= 11 is 0. The predicted molar refractivity (Wildman–Crippen MR) is 69.9 cm³/mol. The normalized spacial score (nSPS) is 11.9. The van der Waals surface area contributed by atoms with E-state index in [1.165, 1.54) is 6.20 Å². The minimum Gasteiger partial charge on any atom is -0.329 e. The molecule has 2 aromatic heterocycles. The number of hydrogen-bond acceptors (Lipinski definition) is 4. The van der Waals surface area contributed by atoms with Crippen molar-refractivity contribution in [2.75, 3.05) is 0 Å². The van der Waals surface area contributed by atoms with Crippen LogP contribution in [0.15, 0.2) is 23.6 Å². The van der Waals surface area contributed by atoms with E-state index in [4.69, 9.17) is 5.14 Å². The van der Waals surface area contributed by atoms with Gasteiger partial charge in [-0.15, -0.1) is 0 Å². The van der Waals surface area contributed by atoms with Crippen molar-refractivity contribution in [3.63, 3.8) is 0 Å². The van der Waals surface area contributed by atoms with Gasteiger partial charge in [-0.2, -0.15) is 5.10 Å². The largest absolute Gasteiger partial charge is 0.329 e. The molecule has 0 aliphatic rings. The van der Waals surface area contributed by atoms with Gasteiger partial charge in [0.05, 0.1) is 12.7 Å². The molecule has 0 fully saturated rings. The third kappa shape index (κ3) is 3.21. The molecular weight excluding hydrogens is 266 g/mol. The number of imidazole rings is 1. The highest BCUT2D eigenvalue weighted by Crippen LogP contribution is 2.12. The lowest BCUT2D eigenvalue weighted by Crippen LogP contribution is -2.12. The summed E-state index contributed by atoms with van der Waals surface area (Å²) in [4.78, 5) is 4.10. The van der Waals surface area contributed by atoms with Crippen molar-refractivity contribution in [3.8, 4) is 0 Å². The zero-order chi connectivity index (χ0) is 14.0. The highest BCUT2D eigenvalue weighted by Gasteiger charge is 2.16. The molecule has 8 heteroatoms. The van der Waals surface area contributed by atoms with Crippen LogP contribution in [0.4, 0.5) is 0 Å². The number of nitrogens with two attached hydrogens (primary N) is 1. The van der Waals surface area contributed by atoms with E-state index in [-0.39, 0.29) is 5.03 Å². The second-order valence-electron chi connectivity index (χ2n) is 4.44. The lowest BCUT2D eigenvalue weighted by atomic mass is 10.3. The Bertz CT molecular complexity index is 671. The van der Waals surface area contributed by atoms with Crippen molar-refractivity contribution in [2.24, 2.45) is 12.2 Å². The summed E-state index contributed by atoms with van der Waals surface area (Å²) in [5.41, 5.74) is 0.984. The molecule has 0 aliphatic carbocycles. The standard InChI is InChI=1S/C11H17N5O2S/c1-3-4-10-14-11(19(12,17)18)8-16(10)7-9-5-13-15(2)6-9/h5-6,8H,3-4,7H2,1-2H3,(H2,12,17,18). The summed E-state index contributed by atoms with van der Waals surface area (Å²) in [5.74, 6) is 0.718. The summed E-state index contributed by atoms with van der Waals surface area (Å²) in [6, 6.07) is 0. The summed E-state index contributed by atoms with van der Waals surface area (Å²) in [7, 11) is -1.93. The predicted octanol–water partition coefficient (Wildman–Crippen LogP) is 0.265. The van der Waals surface area contributed by atoms with Crippen LogP contribution in [-0.2, 0) is 30.0 Å². The molecule has 0 radical (unpaired) electrons. The Morgan fingerprint density at radius 3 is 2.63 bits per heavy atom. The van der Waals surface area contributed by atoms with Gasteiger partial charge in [0, 0.05) is 31.4 Å². The van der Waals surface area contributed by atoms with Gasteiger partial charge in [-0.3, -0.25) is 4.68 Å². The summed E-state index contributed by atoms with van der Waals surface area (Å²) in [6.07, 6.45) is 6.69.